The first kappa shape index (κ1) is 12.9. The van der Waals surface area contributed by atoms with Gasteiger partial charge in [0.25, 0.3) is 0 Å². The largest absolute Gasteiger partial charge is 0.459 e. The number of furan rings is 1. The molecule has 0 bridgehead atoms. The molecule has 102 valence electrons. The fourth-order valence-corrected chi connectivity index (χ4v) is 2.56. The molecule has 0 spiro atoms. The van der Waals surface area contributed by atoms with Crippen LogP contribution in [0.4, 0.5) is 0 Å². The van der Waals surface area contributed by atoms with E-state index < -0.39 is 0 Å². The number of rotatable bonds is 5. The monoisotopic (exact) mass is 265 g/mol. The highest BCUT2D eigenvalue weighted by molar-refractivity contribution is 5.77. The molecule has 0 saturated heterocycles. The van der Waals surface area contributed by atoms with Crippen molar-refractivity contribution in [2.75, 3.05) is 7.05 Å². The Labute approximate surface area is 119 Å². The minimum Gasteiger partial charge on any atom is -0.459 e. The molecule has 3 aromatic rings. The Morgan fingerprint density at radius 3 is 2.50 bits per heavy atom. The summed E-state index contributed by atoms with van der Waals surface area (Å²) in [4.78, 5) is 0. The standard InChI is InChI=1S/C18H19NO/c1-19-16(12-11-14-7-3-2-4-8-14)18-13-15-9-5-6-10-17(15)20-18/h2-10,13,16,19H,11-12H2,1H3. The maximum Gasteiger partial charge on any atom is 0.134 e. The van der Waals surface area contributed by atoms with Crippen molar-refractivity contribution in [3.63, 3.8) is 0 Å². The Morgan fingerprint density at radius 2 is 1.75 bits per heavy atom. The fraction of sp³-hybridized carbons (Fsp3) is 0.222. The second kappa shape index (κ2) is 5.93. The van der Waals surface area contributed by atoms with Crippen molar-refractivity contribution in [1.82, 2.24) is 5.32 Å². The number of hydrogen-bond acceptors (Lipinski definition) is 2. The molecule has 0 saturated carbocycles. The van der Waals surface area contributed by atoms with Crippen molar-refractivity contribution in [3.8, 4) is 0 Å². The third kappa shape index (κ3) is 2.75. The Morgan fingerprint density at radius 1 is 1.00 bits per heavy atom. The minimum absolute atomic E-state index is 0.252. The summed E-state index contributed by atoms with van der Waals surface area (Å²) < 4.78 is 5.95. The van der Waals surface area contributed by atoms with Gasteiger partial charge in [0.2, 0.25) is 0 Å². The molecule has 2 nitrogen and oxygen atoms in total. The summed E-state index contributed by atoms with van der Waals surface area (Å²) in [6.45, 7) is 0. The van der Waals surface area contributed by atoms with Gasteiger partial charge in [-0.2, -0.15) is 0 Å². The van der Waals surface area contributed by atoms with Gasteiger partial charge >= 0.3 is 0 Å². The third-order valence-electron chi connectivity index (χ3n) is 3.70. The van der Waals surface area contributed by atoms with Crippen LogP contribution < -0.4 is 5.32 Å². The van der Waals surface area contributed by atoms with E-state index in [0.29, 0.717) is 0 Å². The van der Waals surface area contributed by atoms with Gasteiger partial charge in [0.1, 0.15) is 11.3 Å². The summed E-state index contributed by atoms with van der Waals surface area (Å²) >= 11 is 0. The van der Waals surface area contributed by atoms with Crippen molar-refractivity contribution in [2.45, 2.75) is 18.9 Å². The Kier molecular flexibility index (Phi) is 3.84. The van der Waals surface area contributed by atoms with Crippen LogP contribution in [0.3, 0.4) is 0 Å². The molecule has 2 heteroatoms. The average molecular weight is 265 g/mol. The van der Waals surface area contributed by atoms with Crippen LogP contribution in [0.2, 0.25) is 0 Å². The quantitative estimate of drug-likeness (QED) is 0.743. The van der Waals surface area contributed by atoms with Crippen LogP contribution in [0.15, 0.2) is 65.1 Å². The lowest BCUT2D eigenvalue weighted by Crippen LogP contribution is -2.16. The van der Waals surface area contributed by atoms with Crippen LogP contribution >= 0.6 is 0 Å². The number of benzene rings is 2. The van der Waals surface area contributed by atoms with E-state index in [1.807, 2.05) is 25.2 Å². The van der Waals surface area contributed by atoms with E-state index in [1.54, 1.807) is 0 Å². The smallest absolute Gasteiger partial charge is 0.134 e. The summed E-state index contributed by atoms with van der Waals surface area (Å²) in [5.74, 6) is 1.02. The lowest BCUT2D eigenvalue weighted by Gasteiger charge is -2.13. The second-order valence-electron chi connectivity index (χ2n) is 5.05. The highest BCUT2D eigenvalue weighted by Crippen LogP contribution is 2.26. The van der Waals surface area contributed by atoms with Gasteiger partial charge in [-0.05, 0) is 37.6 Å². The summed E-state index contributed by atoms with van der Waals surface area (Å²) in [7, 11) is 1.99. The van der Waals surface area contributed by atoms with Crippen LogP contribution in [0.5, 0.6) is 0 Å². The van der Waals surface area contributed by atoms with E-state index in [1.165, 1.54) is 10.9 Å². The zero-order valence-corrected chi connectivity index (χ0v) is 11.7. The van der Waals surface area contributed by atoms with Gasteiger partial charge in [-0.1, -0.05) is 48.5 Å². The number of fused-ring (bicyclic) bond motifs is 1. The molecule has 0 aliphatic carbocycles. The first-order valence-corrected chi connectivity index (χ1v) is 7.06. The van der Waals surface area contributed by atoms with E-state index in [0.717, 1.165) is 24.2 Å². The van der Waals surface area contributed by atoms with E-state index in [2.05, 4.69) is 47.8 Å². The summed E-state index contributed by atoms with van der Waals surface area (Å²) in [5, 5.41) is 4.52. The molecule has 0 aliphatic rings. The van der Waals surface area contributed by atoms with Gasteiger partial charge in [-0.3, -0.25) is 0 Å². The summed E-state index contributed by atoms with van der Waals surface area (Å²) in [5.41, 5.74) is 2.33. The van der Waals surface area contributed by atoms with Gasteiger partial charge in [0.15, 0.2) is 0 Å². The molecule has 1 atom stereocenters. The summed E-state index contributed by atoms with van der Waals surface area (Å²) in [6.07, 6.45) is 2.07. The highest BCUT2D eigenvalue weighted by Gasteiger charge is 2.14. The molecule has 1 heterocycles. The second-order valence-corrected chi connectivity index (χ2v) is 5.05. The zero-order valence-electron chi connectivity index (χ0n) is 11.7. The van der Waals surface area contributed by atoms with Gasteiger partial charge < -0.3 is 9.73 Å². The molecule has 0 amide bonds. The maximum absolute atomic E-state index is 5.95. The van der Waals surface area contributed by atoms with Gasteiger partial charge in [-0.15, -0.1) is 0 Å². The topological polar surface area (TPSA) is 25.2 Å². The molecule has 0 aliphatic heterocycles. The van der Waals surface area contributed by atoms with Crippen LogP contribution in [-0.2, 0) is 6.42 Å². The third-order valence-corrected chi connectivity index (χ3v) is 3.70. The summed E-state index contributed by atoms with van der Waals surface area (Å²) in [6, 6.07) is 21.1. The van der Waals surface area contributed by atoms with Gasteiger partial charge in [-0.25, -0.2) is 0 Å². The fourth-order valence-electron chi connectivity index (χ4n) is 2.56. The lowest BCUT2D eigenvalue weighted by molar-refractivity contribution is 0.433. The normalized spacial score (nSPS) is 12.7. The SMILES string of the molecule is CNC(CCc1ccccc1)c1cc2ccccc2o1. The molecule has 20 heavy (non-hydrogen) atoms. The molecular formula is C18H19NO. The van der Waals surface area contributed by atoms with Crippen molar-refractivity contribution in [1.29, 1.82) is 0 Å². The number of nitrogens with one attached hydrogen (secondary N) is 1. The number of aryl methyl sites for hydroxylation is 1. The number of hydrogen-bond donors (Lipinski definition) is 1. The predicted molar refractivity (Wildman–Crippen MR) is 82.8 cm³/mol. The minimum atomic E-state index is 0.252. The van der Waals surface area contributed by atoms with Crippen molar-refractivity contribution in [3.05, 3.63) is 72.0 Å². The van der Waals surface area contributed by atoms with Crippen LogP contribution in [0.1, 0.15) is 23.8 Å². The molecule has 3 rings (SSSR count). The van der Waals surface area contributed by atoms with E-state index in [9.17, 15) is 0 Å². The van der Waals surface area contributed by atoms with E-state index in [-0.39, 0.29) is 6.04 Å². The van der Waals surface area contributed by atoms with Crippen molar-refractivity contribution in [2.24, 2.45) is 0 Å². The van der Waals surface area contributed by atoms with Gasteiger partial charge in [0.05, 0.1) is 6.04 Å². The first-order chi connectivity index (χ1) is 9.86. The maximum atomic E-state index is 5.95. The number of para-hydroxylation sites is 1. The lowest BCUT2D eigenvalue weighted by atomic mass is 10.0. The average Bonchev–Trinajstić information content (AvgIpc) is 2.92. The molecule has 1 unspecified atom stereocenters. The van der Waals surface area contributed by atoms with Crippen LogP contribution in [-0.4, -0.2) is 7.05 Å². The molecule has 0 fully saturated rings. The van der Waals surface area contributed by atoms with E-state index in [4.69, 9.17) is 4.42 Å². The molecular weight excluding hydrogens is 246 g/mol. The molecule has 0 radical (unpaired) electrons. The van der Waals surface area contributed by atoms with Crippen LogP contribution in [0.25, 0.3) is 11.0 Å². The van der Waals surface area contributed by atoms with Crippen molar-refractivity contribution >= 4 is 11.0 Å². The van der Waals surface area contributed by atoms with Crippen LogP contribution in [0, 0.1) is 0 Å². The van der Waals surface area contributed by atoms with E-state index >= 15 is 0 Å². The Balaban J connectivity index is 1.75. The van der Waals surface area contributed by atoms with Crippen molar-refractivity contribution < 1.29 is 4.42 Å². The molecule has 1 N–H and O–H groups in total. The van der Waals surface area contributed by atoms with Gasteiger partial charge in [0, 0.05) is 5.39 Å². The Bertz CT molecular complexity index is 639. The molecule has 1 aromatic heterocycles. The Hall–Kier alpha value is -2.06. The highest BCUT2D eigenvalue weighted by atomic mass is 16.3. The first-order valence-electron chi connectivity index (χ1n) is 7.06. The predicted octanol–water partition coefficient (Wildman–Crippen LogP) is 4.33. The molecule has 2 aromatic carbocycles. The zero-order chi connectivity index (χ0) is 13.8.